The Morgan fingerprint density at radius 3 is 2.76 bits per heavy atom. The van der Waals surface area contributed by atoms with Gasteiger partial charge < -0.3 is 15.6 Å². The van der Waals surface area contributed by atoms with Crippen molar-refractivity contribution in [2.24, 2.45) is 5.73 Å². The maximum atomic E-state index is 12.5. The first-order valence-electron chi connectivity index (χ1n) is 6.52. The number of sulfonamides is 1. The molecule has 7 nitrogen and oxygen atoms in total. The molecule has 8 heteroatoms. The molecular weight excluding hydrogens is 296 g/mol. The second kappa shape index (κ2) is 6.00. The fourth-order valence-corrected chi connectivity index (χ4v) is 3.87. The number of aliphatic hydroxyl groups is 1. The maximum Gasteiger partial charge on any atom is 0.252 e. The summed E-state index contributed by atoms with van der Waals surface area (Å²) >= 11 is 0. The predicted octanol–water partition coefficient (Wildman–Crippen LogP) is -0.0605. The third-order valence-electron chi connectivity index (χ3n) is 3.43. The van der Waals surface area contributed by atoms with Crippen LogP contribution in [0.2, 0.25) is 0 Å². The van der Waals surface area contributed by atoms with Crippen molar-refractivity contribution in [3.05, 3.63) is 23.8 Å². The van der Waals surface area contributed by atoms with E-state index in [1.807, 2.05) is 0 Å². The highest BCUT2D eigenvalue weighted by Gasteiger charge is 2.30. The number of ether oxygens (including phenoxy) is 1. The molecule has 1 atom stereocenters. The molecule has 1 aliphatic heterocycles. The van der Waals surface area contributed by atoms with Crippen molar-refractivity contribution in [1.82, 2.24) is 4.31 Å². The molecule has 3 N–H and O–H groups in total. The summed E-state index contributed by atoms with van der Waals surface area (Å²) in [6.07, 6.45) is 0.516. The van der Waals surface area contributed by atoms with E-state index >= 15 is 0 Å². The first-order chi connectivity index (χ1) is 9.86. The molecular formula is C13H18N2O5S. The number of nitrogens with two attached hydrogens (primary N) is 1. The van der Waals surface area contributed by atoms with E-state index in [1.54, 1.807) is 0 Å². The average Bonchev–Trinajstić information content (AvgIpc) is 2.46. The van der Waals surface area contributed by atoms with E-state index in [-0.39, 0.29) is 22.8 Å². The Morgan fingerprint density at radius 1 is 1.48 bits per heavy atom. The largest absolute Gasteiger partial charge is 0.496 e. The molecule has 21 heavy (non-hydrogen) atoms. The van der Waals surface area contributed by atoms with E-state index in [2.05, 4.69) is 0 Å². The molecule has 1 saturated heterocycles. The molecule has 1 aliphatic rings. The van der Waals surface area contributed by atoms with Crippen LogP contribution < -0.4 is 10.5 Å². The smallest absolute Gasteiger partial charge is 0.252 e. The van der Waals surface area contributed by atoms with Gasteiger partial charge in [0.25, 0.3) is 5.91 Å². The molecule has 1 aromatic carbocycles. The lowest BCUT2D eigenvalue weighted by Crippen LogP contribution is -2.42. The summed E-state index contributed by atoms with van der Waals surface area (Å²) in [5.41, 5.74) is 5.25. The fourth-order valence-electron chi connectivity index (χ4n) is 2.33. The highest BCUT2D eigenvalue weighted by Crippen LogP contribution is 2.26. The first-order valence-corrected chi connectivity index (χ1v) is 7.96. The van der Waals surface area contributed by atoms with Gasteiger partial charge in [-0.05, 0) is 31.0 Å². The third kappa shape index (κ3) is 3.17. The summed E-state index contributed by atoms with van der Waals surface area (Å²) in [4.78, 5) is 11.3. The number of hydrogen-bond donors (Lipinski definition) is 2. The highest BCUT2D eigenvalue weighted by molar-refractivity contribution is 7.89. The van der Waals surface area contributed by atoms with Crippen molar-refractivity contribution in [1.29, 1.82) is 0 Å². The van der Waals surface area contributed by atoms with Gasteiger partial charge in [0, 0.05) is 13.1 Å². The van der Waals surface area contributed by atoms with Crippen LogP contribution in [0.3, 0.4) is 0 Å². The van der Waals surface area contributed by atoms with Gasteiger partial charge in [0.05, 0.1) is 23.7 Å². The number of carbonyl (C=O) groups excluding carboxylic acids is 1. The normalized spacial score (nSPS) is 20.2. The lowest BCUT2D eigenvalue weighted by atomic mass is 10.1. The van der Waals surface area contributed by atoms with E-state index in [9.17, 15) is 18.3 Å². The first kappa shape index (κ1) is 15.7. The number of piperidine rings is 1. The van der Waals surface area contributed by atoms with Gasteiger partial charge >= 0.3 is 0 Å². The standard InChI is InChI=1S/C13H18N2O5S/c1-20-12-5-4-10(7-11(12)13(14)17)21(18,19)15-6-2-3-9(16)8-15/h4-5,7,9,16H,2-3,6,8H2,1H3,(H2,14,17). The molecule has 0 saturated carbocycles. The quantitative estimate of drug-likeness (QED) is 0.809. The van der Waals surface area contributed by atoms with Gasteiger partial charge in [0.15, 0.2) is 0 Å². The van der Waals surface area contributed by atoms with Crippen LogP contribution in [0.15, 0.2) is 23.1 Å². The van der Waals surface area contributed by atoms with Gasteiger partial charge in [0.1, 0.15) is 5.75 Å². The van der Waals surface area contributed by atoms with Crippen LogP contribution >= 0.6 is 0 Å². The average molecular weight is 314 g/mol. The molecule has 1 amide bonds. The van der Waals surface area contributed by atoms with Crippen molar-refractivity contribution in [3.8, 4) is 5.75 Å². The number of amides is 1. The van der Waals surface area contributed by atoms with Crippen molar-refractivity contribution >= 4 is 15.9 Å². The second-order valence-electron chi connectivity index (χ2n) is 4.89. The number of aliphatic hydroxyl groups excluding tert-OH is 1. The Hall–Kier alpha value is -1.64. The molecule has 116 valence electrons. The van der Waals surface area contributed by atoms with Crippen LogP contribution in [-0.4, -0.2) is 50.0 Å². The van der Waals surface area contributed by atoms with E-state index in [1.165, 1.54) is 29.6 Å². The molecule has 1 heterocycles. The van der Waals surface area contributed by atoms with Crippen LogP contribution in [0.1, 0.15) is 23.2 Å². The van der Waals surface area contributed by atoms with Gasteiger partial charge in [-0.3, -0.25) is 4.79 Å². The lowest BCUT2D eigenvalue weighted by Gasteiger charge is -2.29. The number of β-amino-alcohol motifs (C(OH)–C–C–N with tert-alkyl or cyclic N) is 1. The SMILES string of the molecule is COc1ccc(S(=O)(=O)N2CCCC(O)C2)cc1C(N)=O. The number of rotatable bonds is 4. The minimum Gasteiger partial charge on any atom is -0.496 e. The monoisotopic (exact) mass is 314 g/mol. The zero-order chi connectivity index (χ0) is 15.6. The molecule has 0 spiro atoms. The molecule has 0 aromatic heterocycles. The zero-order valence-corrected chi connectivity index (χ0v) is 12.5. The number of carbonyl (C=O) groups is 1. The summed E-state index contributed by atoms with van der Waals surface area (Å²) in [5, 5.41) is 9.61. The summed E-state index contributed by atoms with van der Waals surface area (Å²) < 4.78 is 31.3. The number of methoxy groups -OCH3 is 1. The van der Waals surface area contributed by atoms with E-state index in [4.69, 9.17) is 10.5 Å². The van der Waals surface area contributed by atoms with Crippen LogP contribution in [0.25, 0.3) is 0 Å². The van der Waals surface area contributed by atoms with E-state index in [0.717, 1.165) is 0 Å². The zero-order valence-electron chi connectivity index (χ0n) is 11.7. The van der Waals surface area contributed by atoms with Crippen molar-refractivity contribution in [2.45, 2.75) is 23.8 Å². The predicted molar refractivity (Wildman–Crippen MR) is 75.5 cm³/mol. The molecule has 1 fully saturated rings. The minimum absolute atomic E-state index is 0.0103. The fraction of sp³-hybridized carbons (Fsp3) is 0.462. The van der Waals surface area contributed by atoms with Crippen LogP contribution in [-0.2, 0) is 10.0 Å². The summed E-state index contributed by atoms with van der Waals surface area (Å²) in [5.74, 6) is -0.539. The summed E-state index contributed by atoms with van der Waals surface area (Å²) in [7, 11) is -2.39. The minimum atomic E-state index is -3.77. The van der Waals surface area contributed by atoms with Gasteiger partial charge in [-0.1, -0.05) is 0 Å². The molecule has 0 aliphatic carbocycles. The van der Waals surface area contributed by atoms with Crippen molar-refractivity contribution in [3.63, 3.8) is 0 Å². The lowest BCUT2D eigenvalue weighted by molar-refractivity contribution is 0.0996. The molecule has 2 rings (SSSR count). The van der Waals surface area contributed by atoms with Gasteiger partial charge in [-0.2, -0.15) is 4.31 Å². The Balaban J connectivity index is 2.40. The van der Waals surface area contributed by atoms with E-state index in [0.29, 0.717) is 19.4 Å². The molecule has 1 aromatic rings. The summed E-state index contributed by atoms with van der Waals surface area (Å²) in [6, 6.07) is 3.96. The number of nitrogens with zero attached hydrogens (tertiary/aromatic N) is 1. The molecule has 1 unspecified atom stereocenters. The van der Waals surface area contributed by atoms with Crippen LogP contribution in [0.4, 0.5) is 0 Å². The van der Waals surface area contributed by atoms with Crippen LogP contribution in [0, 0.1) is 0 Å². The van der Waals surface area contributed by atoms with Gasteiger partial charge in [-0.15, -0.1) is 0 Å². The molecule has 0 bridgehead atoms. The van der Waals surface area contributed by atoms with Gasteiger partial charge in [0.2, 0.25) is 10.0 Å². The third-order valence-corrected chi connectivity index (χ3v) is 5.29. The van der Waals surface area contributed by atoms with Gasteiger partial charge in [-0.25, -0.2) is 8.42 Å². The Morgan fingerprint density at radius 2 is 2.19 bits per heavy atom. The number of hydrogen-bond acceptors (Lipinski definition) is 5. The number of primary amides is 1. The highest BCUT2D eigenvalue weighted by atomic mass is 32.2. The Kier molecular flexibility index (Phi) is 4.50. The Labute approximate surface area is 123 Å². The van der Waals surface area contributed by atoms with Crippen LogP contribution in [0.5, 0.6) is 5.75 Å². The maximum absolute atomic E-state index is 12.5. The van der Waals surface area contributed by atoms with E-state index < -0.39 is 22.0 Å². The number of benzene rings is 1. The molecule has 0 radical (unpaired) electrons. The van der Waals surface area contributed by atoms with Crippen molar-refractivity contribution < 1.29 is 23.1 Å². The second-order valence-corrected chi connectivity index (χ2v) is 6.82. The summed E-state index contributed by atoms with van der Waals surface area (Å²) in [6.45, 7) is 0.400. The Bertz CT molecular complexity index is 644. The topological polar surface area (TPSA) is 110 Å². The van der Waals surface area contributed by atoms with Crippen molar-refractivity contribution in [2.75, 3.05) is 20.2 Å².